The zero-order valence-corrected chi connectivity index (χ0v) is 18.8. The summed E-state index contributed by atoms with van der Waals surface area (Å²) >= 11 is 6.30. The molecule has 0 bridgehead atoms. The smallest absolute Gasteiger partial charge is 0.407 e. The van der Waals surface area contributed by atoms with Gasteiger partial charge < -0.3 is 19.4 Å². The number of nitrogens with one attached hydrogen (secondary N) is 1. The molecule has 1 saturated heterocycles. The van der Waals surface area contributed by atoms with Crippen molar-refractivity contribution in [3.8, 4) is 11.3 Å². The van der Waals surface area contributed by atoms with Crippen LogP contribution in [0.15, 0.2) is 35.1 Å². The van der Waals surface area contributed by atoms with Gasteiger partial charge in [-0.2, -0.15) is 0 Å². The standard InChI is InChI=1S/C23H28ClN3O4/c1-23(2,3)31-22(29)26-18-10-6-7-14-11-27(12-16(14)18)21(28)19-20(30-13-25-19)15-8-4-5-9-17(15)24/h4-5,8-9,13-14,16,18H,6-7,10-12H2,1-3H3,(H,26,29)/t14-,16+,18-/m1/s1. The van der Waals surface area contributed by atoms with Gasteiger partial charge in [0.15, 0.2) is 17.8 Å². The van der Waals surface area contributed by atoms with Crippen LogP contribution in [-0.2, 0) is 4.74 Å². The van der Waals surface area contributed by atoms with E-state index in [0.717, 1.165) is 19.3 Å². The van der Waals surface area contributed by atoms with Crippen LogP contribution in [0.5, 0.6) is 0 Å². The molecule has 2 fully saturated rings. The molecule has 3 atom stereocenters. The Morgan fingerprint density at radius 2 is 2.00 bits per heavy atom. The van der Waals surface area contributed by atoms with Crippen LogP contribution in [0, 0.1) is 11.8 Å². The van der Waals surface area contributed by atoms with E-state index in [2.05, 4.69) is 10.3 Å². The molecule has 2 aromatic rings. The van der Waals surface area contributed by atoms with Crippen LogP contribution in [0.2, 0.25) is 5.02 Å². The molecular weight excluding hydrogens is 418 g/mol. The fourth-order valence-corrected chi connectivity index (χ4v) is 4.88. The fourth-order valence-electron chi connectivity index (χ4n) is 4.66. The molecule has 0 radical (unpaired) electrons. The second kappa shape index (κ2) is 8.54. The zero-order valence-electron chi connectivity index (χ0n) is 18.1. The number of carbonyl (C=O) groups excluding carboxylic acids is 2. The highest BCUT2D eigenvalue weighted by atomic mass is 35.5. The molecule has 2 heterocycles. The summed E-state index contributed by atoms with van der Waals surface area (Å²) in [7, 11) is 0. The number of likely N-dealkylation sites (tertiary alicyclic amines) is 1. The number of aromatic nitrogens is 1. The lowest BCUT2D eigenvalue weighted by molar-refractivity contribution is 0.0460. The van der Waals surface area contributed by atoms with Gasteiger partial charge in [0, 0.05) is 30.6 Å². The lowest BCUT2D eigenvalue weighted by Gasteiger charge is -2.33. The minimum absolute atomic E-state index is 0.00764. The highest BCUT2D eigenvalue weighted by Gasteiger charge is 2.43. The minimum atomic E-state index is -0.544. The van der Waals surface area contributed by atoms with Crippen molar-refractivity contribution < 1.29 is 18.7 Å². The lowest BCUT2D eigenvalue weighted by atomic mass is 9.78. The van der Waals surface area contributed by atoms with Gasteiger partial charge >= 0.3 is 6.09 Å². The molecule has 4 rings (SSSR count). The van der Waals surface area contributed by atoms with E-state index in [4.69, 9.17) is 20.8 Å². The largest absolute Gasteiger partial charge is 0.444 e. The van der Waals surface area contributed by atoms with Gasteiger partial charge in [-0.05, 0) is 51.7 Å². The molecule has 1 aliphatic heterocycles. The molecule has 0 unspecified atom stereocenters. The van der Waals surface area contributed by atoms with E-state index in [1.165, 1.54) is 6.39 Å². The fraction of sp³-hybridized carbons (Fsp3) is 0.522. The normalized spacial score (nSPS) is 23.4. The number of benzene rings is 1. The van der Waals surface area contributed by atoms with Crippen molar-refractivity contribution in [2.24, 2.45) is 11.8 Å². The Balaban J connectivity index is 1.48. The number of ether oxygens (including phenoxy) is 1. The molecule has 1 aliphatic carbocycles. The van der Waals surface area contributed by atoms with Crippen molar-refractivity contribution in [1.29, 1.82) is 0 Å². The number of oxazole rings is 1. The first kappa shape index (κ1) is 21.7. The molecule has 2 amide bonds. The van der Waals surface area contributed by atoms with Gasteiger partial charge in [-0.3, -0.25) is 4.79 Å². The molecule has 7 nitrogen and oxygen atoms in total. The Bertz CT molecular complexity index is 968. The summed E-state index contributed by atoms with van der Waals surface area (Å²) < 4.78 is 11.0. The van der Waals surface area contributed by atoms with E-state index in [-0.39, 0.29) is 23.6 Å². The maximum atomic E-state index is 13.3. The quantitative estimate of drug-likeness (QED) is 0.736. The van der Waals surface area contributed by atoms with Gasteiger partial charge in [-0.25, -0.2) is 9.78 Å². The summed E-state index contributed by atoms with van der Waals surface area (Å²) in [6, 6.07) is 7.23. The van der Waals surface area contributed by atoms with Crippen molar-refractivity contribution >= 4 is 23.6 Å². The Labute approximate surface area is 187 Å². The second-order valence-electron chi connectivity index (χ2n) is 9.33. The Kier molecular flexibility index (Phi) is 5.97. The maximum Gasteiger partial charge on any atom is 0.407 e. The highest BCUT2D eigenvalue weighted by Crippen LogP contribution is 2.38. The third-order valence-electron chi connectivity index (χ3n) is 5.98. The van der Waals surface area contributed by atoms with E-state index < -0.39 is 11.7 Å². The lowest BCUT2D eigenvalue weighted by Crippen LogP contribution is -2.47. The van der Waals surface area contributed by atoms with Crippen LogP contribution in [0.25, 0.3) is 11.3 Å². The number of halogens is 1. The van der Waals surface area contributed by atoms with Gasteiger partial charge in [0.25, 0.3) is 5.91 Å². The maximum absolute atomic E-state index is 13.3. The third-order valence-corrected chi connectivity index (χ3v) is 6.31. The number of carbonyl (C=O) groups is 2. The molecular formula is C23H28ClN3O4. The molecule has 2 aliphatic rings. The topological polar surface area (TPSA) is 84.7 Å². The van der Waals surface area contributed by atoms with E-state index in [1.807, 2.05) is 43.9 Å². The van der Waals surface area contributed by atoms with E-state index in [9.17, 15) is 9.59 Å². The van der Waals surface area contributed by atoms with E-state index in [0.29, 0.717) is 35.4 Å². The van der Waals surface area contributed by atoms with Gasteiger partial charge in [0.05, 0.1) is 5.02 Å². The first-order valence-electron chi connectivity index (χ1n) is 10.7. The van der Waals surface area contributed by atoms with Crippen LogP contribution in [0.1, 0.15) is 50.5 Å². The van der Waals surface area contributed by atoms with E-state index >= 15 is 0 Å². The van der Waals surface area contributed by atoms with Crippen molar-refractivity contribution in [1.82, 2.24) is 15.2 Å². The molecule has 8 heteroatoms. The summed E-state index contributed by atoms with van der Waals surface area (Å²) in [5.41, 5.74) is 0.368. The number of amides is 2. The van der Waals surface area contributed by atoms with Crippen molar-refractivity contribution in [2.45, 2.75) is 51.7 Å². The molecule has 0 spiro atoms. The first-order valence-corrected chi connectivity index (χ1v) is 11.1. The number of nitrogens with zero attached hydrogens (tertiary/aromatic N) is 2. The monoisotopic (exact) mass is 445 g/mol. The predicted octanol–water partition coefficient (Wildman–Crippen LogP) is 4.76. The zero-order chi connectivity index (χ0) is 22.2. The van der Waals surface area contributed by atoms with Crippen molar-refractivity contribution in [2.75, 3.05) is 13.1 Å². The van der Waals surface area contributed by atoms with Crippen molar-refractivity contribution in [3.63, 3.8) is 0 Å². The summed E-state index contributed by atoms with van der Waals surface area (Å²) in [6.45, 7) is 6.76. The predicted molar refractivity (Wildman–Crippen MR) is 117 cm³/mol. The Morgan fingerprint density at radius 1 is 1.23 bits per heavy atom. The van der Waals surface area contributed by atoms with Crippen LogP contribution in [0.3, 0.4) is 0 Å². The number of fused-ring (bicyclic) bond motifs is 1. The molecule has 1 saturated carbocycles. The molecule has 166 valence electrons. The number of alkyl carbamates (subject to hydrolysis) is 1. The summed E-state index contributed by atoms with van der Waals surface area (Å²) in [5.74, 6) is 0.747. The average molecular weight is 446 g/mol. The van der Waals surface area contributed by atoms with Crippen LogP contribution in [-0.4, -0.2) is 46.6 Å². The first-order chi connectivity index (χ1) is 14.7. The molecule has 1 aromatic carbocycles. The van der Waals surface area contributed by atoms with Crippen molar-refractivity contribution in [3.05, 3.63) is 41.4 Å². The van der Waals surface area contributed by atoms with Gasteiger partial charge in [0.2, 0.25) is 0 Å². The van der Waals surface area contributed by atoms with Gasteiger partial charge in [-0.15, -0.1) is 0 Å². The summed E-state index contributed by atoms with van der Waals surface area (Å²) in [4.78, 5) is 31.6. The van der Waals surface area contributed by atoms with E-state index in [1.54, 1.807) is 6.07 Å². The highest BCUT2D eigenvalue weighted by molar-refractivity contribution is 6.33. The van der Waals surface area contributed by atoms with Gasteiger partial charge in [0.1, 0.15) is 5.60 Å². The molecule has 31 heavy (non-hydrogen) atoms. The summed E-state index contributed by atoms with van der Waals surface area (Å²) in [6.07, 6.45) is 3.81. The van der Waals surface area contributed by atoms with Crippen LogP contribution >= 0.6 is 11.6 Å². The van der Waals surface area contributed by atoms with Crippen LogP contribution in [0.4, 0.5) is 4.79 Å². The molecule has 1 N–H and O–H groups in total. The Morgan fingerprint density at radius 3 is 2.74 bits per heavy atom. The number of rotatable bonds is 3. The van der Waals surface area contributed by atoms with Gasteiger partial charge in [-0.1, -0.05) is 30.2 Å². The molecule has 1 aromatic heterocycles. The number of hydrogen-bond acceptors (Lipinski definition) is 5. The second-order valence-corrected chi connectivity index (χ2v) is 9.73. The number of hydrogen-bond donors (Lipinski definition) is 1. The average Bonchev–Trinajstić information content (AvgIpc) is 3.34. The third kappa shape index (κ3) is 4.71. The summed E-state index contributed by atoms with van der Waals surface area (Å²) in [5, 5.41) is 3.54. The minimum Gasteiger partial charge on any atom is -0.444 e. The SMILES string of the molecule is CC(C)(C)OC(=O)N[C@@H]1CCC[C@@H]2CN(C(=O)c3ncoc3-c3ccccc3Cl)C[C@@H]21. The van der Waals surface area contributed by atoms with Crippen LogP contribution < -0.4 is 5.32 Å². The Hall–Kier alpha value is -2.54.